The molecule has 14 heavy (non-hydrogen) atoms. The Labute approximate surface area is 91.9 Å². The molecular formula is C11H23NOS. The molecule has 0 aromatic heterocycles. The van der Waals surface area contributed by atoms with Crippen molar-refractivity contribution < 1.29 is 5.11 Å². The predicted octanol–water partition coefficient (Wildman–Crippen LogP) is 1.88. The van der Waals surface area contributed by atoms with E-state index in [0.717, 1.165) is 24.6 Å². The molecule has 0 aliphatic heterocycles. The molecule has 1 fully saturated rings. The van der Waals surface area contributed by atoms with E-state index in [1.165, 1.54) is 25.0 Å². The van der Waals surface area contributed by atoms with Gasteiger partial charge in [-0.3, -0.25) is 0 Å². The summed E-state index contributed by atoms with van der Waals surface area (Å²) >= 11 is 1.93. The zero-order chi connectivity index (χ0) is 10.2. The molecular weight excluding hydrogens is 194 g/mol. The van der Waals surface area contributed by atoms with Crippen LogP contribution in [0.1, 0.15) is 32.6 Å². The monoisotopic (exact) mass is 217 g/mol. The Bertz CT molecular complexity index is 139. The summed E-state index contributed by atoms with van der Waals surface area (Å²) < 4.78 is 0. The zero-order valence-corrected chi connectivity index (χ0v) is 9.98. The second-order valence-electron chi connectivity index (χ2n) is 4.22. The van der Waals surface area contributed by atoms with Gasteiger partial charge in [0.1, 0.15) is 0 Å². The van der Waals surface area contributed by atoms with E-state index in [2.05, 4.69) is 12.2 Å². The van der Waals surface area contributed by atoms with E-state index in [4.69, 9.17) is 5.11 Å². The summed E-state index contributed by atoms with van der Waals surface area (Å²) in [6.07, 6.45) is 5.21. The van der Waals surface area contributed by atoms with Crippen molar-refractivity contribution in [2.45, 2.75) is 38.6 Å². The highest BCUT2D eigenvalue weighted by atomic mass is 32.2. The van der Waals surface area contributed by atoms with Crippen molar-refractivity contribution in [3.8, 4) is 0 Å². The van der Waals surface area contributed by atoms with E-state index in [-0.39, 0.29) is 0 Å². The van der Waals surface area contributed by atoms with Gasteiger partial charge in [0.2, 0.25) is 0 Å². The van der Waals surface area contributed by atoms with Crippen LogP contribution in [0.25, 0.3) is 0 Å². The number of thioether (sulfide) groups is 1. The van der Waals surface area contributed by atoms with Gasteiger partial charge in [-0.1, -0.05) is 12.8 Å². The minimum atomic E-state index is 0.332. The SMILES string of the molecule is CC(CC1CC1)NCCSCCCO. The summed E-state index contributed by atoms with van der Waals surface area (Å²) in [6, 6.07) is 0.695. The van der Waals surface area contributed by atoms with Gasteiger partial charge in [-0.15, -0.1) is 0 Å². The summed E-state index contributed by atoms with van der Waals surface area (Å²) in [5, 5.41) is 12.1. The van der Waals surface area contributed by atoms with Crippen LogP contribution < -0.4 is 5.32 Å². The smallest absolute Gasteiger partial charge is 0.0438 e. The van der Waals surface area contributed by atoms with Crippen LogP contribution in [0.5, 0.6) is 0 Å². The molecule has 1 aliphatic rings. The third kappa shape index (κ3) is 6.68. The molecule has 2 nitrogen and oxygen atoms in total. The first-order valence-electron chi connectivity index (χ1n) is 5.75. The quantitative estimate of drug-likeness (QED) is 0.578. The maximum atomic E-state index is 8.59. The van der Waals surface area contributed by atoms with Crippen LogP contribution in [0, 0.1) is 5.92 Å². The van der Waals surface area contributed by atoms with Crippen LogP contribution in [0.15, 0.2) is 0 Å². The van der Waals surface area contributed by atoms with Crippen LogP contribution in [-0.2, 0) is 0 Å². The summed E-state index contributed by atoms with van der Waals surface area (Å²) in [6.45, 7) is 3.74. The predicted molar refractivity (Wildman–Crippen MR) is 63.8 cm³/mol. The summed E-state index contributed by atoms with van der Waals surface area (Å²) in [7, 11) is 0. The van der Waals surface area contributed by atoms with Gasteiger partial charge >= 0.3 is 0 Å². The van der Waals surface area contributed by atoms with E-state index in [1.807, 2.05) is 11.8 Å². The molecule has 0 aromatic carbocycles. The Kier molecular flexibility index (Phi) is 6.65. The zero-order valence-electron chi connectivity index (χ0n) is 9.17. The van der Waals surface area contributed by atoms with Gasteiger partial charge in [-0.2, -0.15) is 11.8 Å². The van der Waals surface area contributed by atoms with E-state index in [1.54, 1.807) is 0 Å². The fourth-order valence-corrected chi connectivity index (χ4v) is 2.38. The lowest BCUT2D eigenvalue weighted by Crippen LogP contribution is -2.28. The van der Waals surface area contributed by atoms with E-state index < -0.39 is 0 Å². The third-order valence-electron chi connectivity index (χ3n) is 2.57. The summed E-state index contributed by atoms with van der Waals surface area (Å²) in [4.78, 5) is 0. The van der Waals surface area contributed by atoms with Crippen molar-refractivity contribution in [1.29, 1.82) is 0 Å². The van der Waals surface area contributed by atoms with Crippen molar-refractivity contribution in [3.05, 3.63) is 0 Å². The first kappa shape index (κ1) is 12.3. The highest BCUT2D eigenvalue weighted by molar-refractivity contribution is 7.99. The minimum Gasteiger partial charge on any atom is -0.396 e. The maximum absolute atomic E-state index is 8.59. The van der Waals surface area contributed by atoms with Gasteiger partial charge in [0.05, 0.1) is 0 Å². The fraction of sp³-hybridized carbons (Fsp3) is 1.00. The van der Waals surface area contributed by atoms with Gasteiger partial charge in [0.15, 0.2) is 0 Å². The number of aliphatic hydroxyl groups is 1. The Morgan fingerprint density at radius 3 is 2.86 bits per heavy atom. The number of hydrogen-bond donors (Lipinski definition) is 2. The van der Waals surface area contributed by atoms with E-state index in [0.29, 0.717) is 12.6 Å². The van der Waals surface area contributed by atoms with E-state index >= 15 is 0 Å². The van der Waals surface area contributed by atoms with Crippen LogP contribution in [0.2, 0.25) is 0 Å². The van der Waals surface area contributed by atoms with Gasteiger partial charge in [0, 0.05) is 24.9 Å². The Morgan fingerprint density at radius 2 is 2.21 bits per heavy atom. The Balaban J connectivity index is 1.77. The lowest BCUT2D eigenvalue weighted by Gasteiger charge is -2.12. The number of rotatable bonds is 9. The van der Waals surface area contributed by atoms with Crippen LogP contribution in [0.3, 0.4) is 0 Å². The summed E-state index contributed by atoms with van der Waals surface area (Å²) in [5.41, 5.74) is 0. The molecule has 0 bridgehead atoms. The molecule has 0 radical (unpaired) electrons. The molecule has 1 aliphatic carbocycles. The largest absolute Gasteiger partial charge is 0.396 e. The van der Waals surface area contributed by atoms with Gasteiger partial charge in [0.25, 0.3) is 0 Å². The van der Waals surface area contributed by atoms with Crippen molar-refractivity contribution in [3.63, 3.8) is 0 Å². The lowest BCUT2D eigenvalue weighted by atomic mass is 10.2. The Morgan fingerprint density at radius 1 is 1.43 bits per heavy atom. The molecule has 1 atom stereocenters. The van der Waals surface area contributed by atoms with Gasteiger partial charge in [-0.25, -0.2) is 0 Å². The van der Waals surface area contributed by atoms with Gasteiger partial charge in [-0.05, 0) is 31.4 Å². The molecule has 0 aromatic rings. The molecule has 0 spiro atoms. The first-order chi connectivity index (χ1) is 6.83. The van der Waals surface area contributed by atoms with Crippen molar-refractivity contribution in [1.82, 2.24) is 5.32 Å². The highest BCUT2D eigenvalue weighted by Gasteiger charge is 2.22. The van der Waals surface area contributed by atoms with E-state index in [9.17, 15) is 0 Å². The average molecular weight is 217 g/mol. The van der Waals surface area contributed by atoms with Crippen LogP contribution in [-0.4, -0.2) is 35.8 Å². The molecule has 1 rings (SSSR count). The second-order valence-corrected chi connectivity index (χ2v) is 5.45. The minimum absolute atomic E-state index is 0.332. The number of nitrogens with one attached hydrogen (secondary N) is 1. The van der Waals surface area contributed by atoms with Crippen molar-refractivity contribution >= 4 is 11.8 Å². The normalized spacial score (nSPS) is 18.4. The number of hydrogen-bond acceptors (Lipinski definition) is 3. The maximum Gasteiger partial charge on any atom is 0.0438 e. The third-order valence-corrected chi connectivity index (χ3v) is 3.64. The van der Waals surface area contributed by atoms with Crippen LogP contribution in [0.4, 0.5) is 0 Å². The molecule has 3 heteroatoms. The molecule has 2 N–H and O–H groups in total. The molecule has 0 amide bonds. The van der Waals surface area contributed by atoms with Gasteiger partial charge < -0.3 is 10.4 Å². The highest BCUT2D eigenvalue weighted by Crippen LogP contribution is 2.33. The van der Waals surface area contributed by atoms with Crippen molar-refractivity contribution in [2.24, 2.45) is 5.92 Å². The lowest BCUT2D eigenvalue weighted by molar-refractivity contribution is 0.296. The standard InChI is InChI=1S/C11H23NOS/c1-10(9-11-3-4-11)12-5-8-14-7-2-6-13/h10-13H,2-9H2,1H3. The Hall–Kier alpha value is 0.270. The van der Waals surface area contributed by atoms with Crippen LogP contribution >= 0.6 is 11.8 Å². The molecule has 1 unspecified atom stereocenters. The molecule has 0 saturated heterocycles. The molecule has 1 saturated carbocycles. The number of aliphatic hydroxyl groups excluding tert-OH is 1. The average Bonchev–Trinajstić information content (AvgIpc) is 2.95. The second kappa shape index (κ2) is 7.55. The van der Waals surface area contributed by atoms with Crippen molar-refractivity contribution in [2.75, 3.05) is 24.7 Å². The summed E-state index contributed by atoms with van der Waals surface area (Å²) in [5.74, 6) is 3.30. The molecule has 84 valence electrons. The topological polar surface area (TPSA) is 32.3 Å². The first-order valence-corrected chi connectivity index (χ1v) is 6.90. The fourth-order valence-electron chi connectivity index (χ4n) is 1.58. The molecule has 0 heterocycles.